The molecule has 0 aliphatic heterocycles. The molecule has 0 fully saturated rings. The van der Waals surface area contributed by atoms with Crippen LogP contribution in [0.5, 0.6) is 0 Å². The molecule has 27 heavy (non-hydrogen) atoms. The minimum Gasteiger partial charge on any atom is -0.329 e. The molecule has 0 saturated carbocycles. The summed E-state index contributed by atoms with van der Waals surface area (Å²) in [5.74, 6) is 0. The van der Waals surface area contributed by atoms with Crippen LogP contribution in [0.3, 0.4) is 0 Å². The van der Waals surface area contributed by atoms with E-state index in [9.17, 15) is 14.9 Å². The molecule has 0 unspecified atom stereocenters. The molecule has 0 aliphatic rings. The topological polar surface area (TPSA) is 96.6 Å². The van der Waals surface area contributed by atoms with Gasteiger partial charge in [0, 0.05) is 30.1 Å². The number of amides is 2. The molecule has 2 N–H and O–H groups in total. The summed E-state index contributed by atoms with van der Waals surface area (Å²) in [6, 6.07) is 12.0. The van der Waals surface area contributed by atoms with Crippen LogP contribution >= 0.6 is 0 Å². The average molecular weight is 368 g/mol. The molecular formula is C20H24N4O3. The van der Waals surface area contributed by atoms with Gasteiger partial charge >= 0.3 is 6.03 Å². The van der Waals surface area contributed by atoms with E-state index in [-0.39, 0.29) is 5.69 Å². The number of rotatable bonds is 5. The molecule has 0 bridgehead atoms. The van der Waals surface area contributed by atoms with Crippen LogP contribution in [0.4, 0.5) is 16.2 Å². The Balaban J connectivity index is 2.17. The first-order chi connectivity index (χ1) is 12.6. The molecule has 142 valence electrons. The summed E-state index contributed by atoms with van der Waals surface area (Å²) in [7, 11) is 1.74. The number of hydrogen-bond donors (Lipinski definition) is 2. The van der Waals surface area contributed by atoms with Gasteiger partial charge in [-0.2, -0.15) is 0 Å². The number of nitrogens with zero attached hydrogens (tertiary/aromatic N) is 2. The zero-order valence-electron chi connectivity index (χ0n) is 16.2. The van der Waals surface area contributed by atoms with Crippen molar-refractivity contribution in [3.8, 4) is 0 Å². The molecule has 7 nitrogen and oxygen atoms in total. The van der Waals surface area contributed by atoms with Gasteiger partial charge in [0.2, 0.25) is 0 Å². The number of benzene rings is 2. The maximum atomic E-state index is 12.4. The molecule has 0 heterocycles. The monoisotopic (exact) mass is 368 g/mol. The van der Waals surface area contributed by atoms with Gasteiger partial charge in [0.05, 0.1) is 10.5 Å². The fourth-order valence-electron chi connectivity index (χ4n) is 2.66. The number of carbonyl (C=O) groups excluding carboxylic acids is 1. The maximum Gasteiger partial charge on any atom is 0.319 e. The molecule has 2 rings (SSSR count). The highest BCUT2D eigenvalue weighted by atomic mass is 16.6. The molecular weight excluding hydrogens is 344 g/mol. The van der Waals surface area contributed by atoms with Gasteiger partial charge < -0.3 is 10.6 Å². The SMILES string of the molecule is C/N=C(\C)c1cccc(C(C)(C)NC(=O)Nc2ccc(C)c([N+](=O)[O-])c2)c1. The Morgan fingerprint density at radius 1 is 1.19 bits per heavy atom. The summed E-state index contributed by atoms with van der Waals surface area (Å²) in [5, 5.41) is 16.6. The Hall–Kier alpha value is -3.22. The highest BCUT2D eigenvalue weighted by Crippen LogP contribution is 2.24. The van der Waals surface area contributed by atoms with E-state index in [2.05, 4.69) is 15.6 Å². The zero-order valence-corrected chi connectivity index (χ0v) is 16.2. The molecule has 0 saturated heterocycles. The van der Waals surface area contributed by atoms with Crippen molar-refractivity contribution in [1.29, 1.82) is 0 Å². The van der Waals surface area contributed by atoms with Gasteiger partial charge in [-0.25, -0.2) is 4.79 Å². The lowest BCUT2D eigenvalue weighted by atomic mass is 9.92. The highest BCUT2D eigenvalue weighted by Gasteiger charge is 2.24. The van der Waals surface area contributed by atoms with Crippen LogP contribution in [-0.4, -0.2) is 23.7 Å². The van der Waals surface area contributed by atoms with Crippen LogP contribution in [0.1, 0.15) is 37.5 Å². The average Bonchev–Trinajstić information content (AvgIpc) is 2.62. The minimum absolute atomic E-state index is 0.0333. The summed E-state index contributed by atoms with van der Waals surface area (Å²) in [4.78, 5) is 27.2. The van der Waals surface area contributed by atoms with Crippen LogP contribution in [-0.2, 0) is 5.54 Å². The third-order valence-corrected chi connectivity index (χ3v) is 4.43. The normalized spacial score (nSPS) is 11.8. The van der Waals surface area contributed by atoms with E-state index in [0.717, 1.165) is 16.8 Å². The van der Waals surface area contributed by atoms with Crippen LogP contribution in [0.2, 0.25) is 0 Å². The minimum atomic E-state index is -0.648. The second kappa shape index (κ2) is 7.99. The van der Waals surface area contributed by atoms with Gasteiger partial charge in [-0.05, 0) is 51.0 Å². The third kappa shape index (κ3) is 4.91. The first kappa shape index (κ1) is 20.1. The molecule has 0 spiro atoms. The van der Waals surface area contributed by atoms with Crippen molar-refractivity contribution in [1.82, 2.24) is 5.32 Å². The second-order valence-corrected chi connectivity index (χ2v) is 6.85. The Kier molecular flexibility index (Phi) is 5.95. The number of nitro groups is 1. The predicted molar refractivity (Wildman–Crippen MR) is 108 cm³/mol. The predicted octanol–water partition coefficient (Wildman–Crippen LogP) is 4.40. The second-order valence-electron chi connectivity index (χ2n) is 6.85. The summed E-state index contributed by atoms with van der Waals surface area (Å²) < 4.78 is 0. The first-order valence-corrected chi connectivity index (χ1v) is 8.52. The number of anilines is 1. The van der Waals surface area contributed by atoms with E-state index in [1.807, 2.05) is 45.0 Å². The van der Waals surface area contributed by atoms with E-state index >= 15 is 0 Å². The molecule has 7 heteroatoms. The van der Waals surface area contributed by atoms with Gasteiger partial charge in [0.1, 0.15) is 0 Å². The lowest BCUT2D eigenvalue weighted by Crippen LogP contribution is -2.43. The van der Waals surface area contributed by atoms with E-state index < -0.39 is 16.5 Å². The number of carbonyl (C=O) groups is 1. The molecule has 0 aromatic heterocycles. The largest absolute Gasteiger partial charge is 0.329 e. The number of hydrogen-bond acceptors (Lipinski definition) is 4. The lowest BCUT2D eigenvalue weighted by Gasteiger charge is -2.27. The van der Waals surface area contributed by atoms with Crippen molar-refractivity contribution in [2.75, 3.05) is 12.4 Å². The summed E-state index contributed by atoms with van der Waals surface area (Å²) >= 11 is 0. The molecule has 0 atom stereocenters. The van der Waals surface area contributed by atoms with E-state index in [0.29, 0.717) is 11.3 Å². The van der Waals surface area contributed by atoms with Crippen LogP contribution in [0, 0.1) is 17.0 Å². The standard InChI is InChI=1S/C20H24N4O3/c1-13-9-10-17(12-18(13)24(26)27)22-19(25)23-20(3,4)16-8-6-7-15(11-16)14(2)21-5/h6-12H,1-5H3,(H2,22,23,25)/b21-14+. The zero-order chi connectivity index (χ0) is 20.2. The van der Waals surface area contributed by atoms with Gasteiger partial charge in [-0.1, -0.05) is 24.3 Å². The van der Waals surface area contributed by atoms with Crippen molar-refractivity contribution in [2.24, 2.45) is 4.99 Å². The summed E-state index contributed by atoms with van der Waals surface area (Å²) in [6.45, 7) is 7.36. The quantitative estimate of drug-likeness (QED) is 0.465. The fraction of sp³-hybridized carbons (Fsp3) is 0.300. The summed E-state index contributed by atoms with van der Waals surface area (Å²) in [5.41, 5.74) is 3.04. The van der Waals surface area contributed by atoms with Crippen molar-refractivity contribution in [2.45, 2.75) is 33.2 Å². The van der Waals surface area contributed by atoms with Crippen molar-refractivity contribution in [3.05, 3.63) is 69.3 Å². The van der Waals surface area contributed by atoms with Gasteiger partial charge in [-0.15, -0.1) is 0 Å². The fourth-order valence-corrected chi connectivity index (χ4v) is 2.66. The molecule has 2 amide bonds. The molecule has 2 aromatic rings. The Labute approximate surface area is 158 Å². The highest BCUT2D eigenvalue weighted by molar-refractivity contribution is 5.98. The molecule has 0 radical (unpaired) electrons. The number of nitrogens with one attached hydrogen (secondary N) is 2. The third-order valence-electron chi connectivity index (χ3n) is 4.43. The van der Waals surface area contributed by atoms with Gasteiger partial charge in [-0.3, -0.25) is 15.1 Å². The van der Waals surface area contributed by atoms with Crippen molar-refractivity contribution in [3.63, 3.8) is 0 Å². The van der Waals surface area contributed by atoms with Crippen molar-refractivity contribution < 1.29 is 9.72 Å². The van der Waals surface area contributed by atoms with Crippen molar-refractivity contribution >= 4 is 23.1 Å². The van der Waals surface area contributed by atoms with Crippen LogP contribution in [0.25, 0.3) is 0 Å². The smallest absolute Gasteiger partial charge is 0.319 e. The Morgan fingerprint density at radius 2 is 1.89 bits per heavy atom. The number of aliphatic imine (C=N–C) groups is 1. The number of aryl methyl sites for hydroxylation is 1. The molecule has 2 aromatic carbocycles. The van der Waals surface area contributed by atoms with Gasteiger partial charge in [0.15, 0.2) is 0 Å². The Bertz CT molecular complexity index is 904. The van der Waals surface area contributed by atoms with E-state index in [1.54, 1.807) is 26.1 Å². The van der Waals surface area contributed by atoms with E-state index in [4.69, 9.17) is 0 Å². The lowest BCUT2D eigenvalue weighted by molar-refractivity contribution is -0.385. The van der Waals surface area contributed by atoms with Gasteiger partial charge in [0.25, 0.3) is 5.69 Å². The van der Waals surface area contributed by atoms with Crippen LogP contribution in [0.15, 0.2) is 47.5 Å². The van der Waals surface area contributed by atoms with E-state index in [1.165, 1.54) is 6.07 Å². The number of urea groups is 1. The number of nitro benzene ring substituents is 1. The summed E-state index contributed by atoms with van der Waals surface area (Å²) in [6.07, 6.45) is 0. The van der Waals surface area contributed by atoms with Crippen LogP contribution < -0.4 is 10.6 Å². The Morgan fingerprint density at radius 3 is 2.52 bits per heavy atom. The molecule has 0 aliphatic carbocycles. The first-order valence-electron chi connectivity index (χ1n) is 8.52. The maximum absolute atomic E-state index is 12.4.